The topological polar surface area (TPSA) is 51.6 Å². The molecule has 376 valence electrons. The number of hydrogen-bond acceptors (Lipinski definition) is 6. The van der Waals surface area contributed by atoms with Gasteiger partial charge in [0.05, 0.1) is 10.0 Å². The molecule has 74 heavy (non-hydrogen) atoms. The first kappa shape index (κ1) is 59.9. The summed E-state index contributed by atoms with van der Waals surface area (Å²) >= 11 is 5.38. The second-order valence-corrected chi connectivity index (χ2v) is 31.3. The molecule has 0 unspecified atom stereocenters. The van der Waals surface area contributed by atoms with Crippen LogP contribution in [0.4, 0.5) is 0 Å². The minimum Gasteiger partial charge on any atom is -0.0622 e. The maximum atomic E-state index is 4.81. The van der Waals surface area contributed by atoms with E-state index in [1.54, 1.807) is 41.3 Å². The zero-order chi connectivity index (χ0) is 52.6. The predicted octanol–water partition coefficient (Wildman–Crippen LogP) is 14.9. The third kappa shape index (κ3) is 23.3. The van der Waals surface area contributed by atoms with Crippen molar-refractivity contribution >= 4 is 120 Å². The van der Waals surface area contributed by atoms with Crippen molar-refractivity contribution in [2.45, 2.75) is 33.5 Å². The second-order valence-electron chi connectivity index (χ2n) is 16.4. The van der Waals surface area contributed by atoms with Crippen LogP contribution in [0, 0.1) is 40.7 Å². The molecule has 0 bridgehead atoms. The molecule has 0 radical (unpaired) electrons. The van der Waals surface area contributed by atoms with Crippen molar-refractivity contribution in [3.63, 3.8) is 0 Å². The van der Waals surface area contributed by atoms with Gasteiger partial charge in [-0.2, -0.15) is 0 Å². The first-order valence-corrected chi connectivity index (χ1v) is 36.1. The summed E-state index contributed by atoms with van der Waals surface area (Å²) in [6.45, 7) is 10.7. The molecule has 4 heterocycles. The Balaban J connectivity index is 0.000000174. The van der Waals surface area contributed by atoms with E-state index in [0.29, 0.717) is 0 Å². The number of rotatable bonds is 6. The standard InChI is InChI=1S/2C18H15P.C11H8N2S.C9H13NSSi.C5H4IN.2ClH.Pd/c2*1-4-10-16(11-5-1)19(17-12-6-2-7-13-17)18-14-8-3-9-15-18;1-9-13-11(8-14-9)5-4-10-3-2-6-12-7-10;1-8-10-9(7-11-8)5-6-12(2,3)4;6-5-2-1-3-7-4-5;;;/h2*1-15H;2-3,6-8H,1H3;7H,1-4H3;1-4H;2*1H;/q;;;;;;;+2/p-2. The Labute approximate surface area is 480 Å². The number of pyridine rings is 2. The first-order chi connectivity index (χ1) is 36.0. The monoisotopic (exact) mass is 1300 g/mol. The number of aryl methyl sites for hydroxylation is 2. The van der Waals surface area contributed by atoms with E-state index in [0.717, 1.165) is 27.0 Å². The van der Waals surface area contributed by atoms with Gasteiger partial charge in [0.1, 0.15) is 19.5 Å². The van der Waals surface area contributed by atoms with Crippen LogP contribution in [0.5, 0.6) is 0 Å². The zero-order valence-corrected chi connectivity index (χ0v) is 51.2. The summed E-state index contributed by atoms with van der Waals surface area (Å²) in [5, 5.41) is 14.5. The average molecular weight is 1300 g/mol. The Morgan fingerprint density at radius 3 is 1.01 bits per heavy atom. The summed E-state index contributed by atoms with van der Waals surface area (Å²) < 4.78 is 1.18. The van der Waals surface area contributed by atoms with Gasteiger partial charge in [0.15, 0.2) is 0 Å². The molecule has 4 aromatic heterocycles. The predicted molar refractivity (Wildman–Crippen MR) is 333 cm³/mol. The summed E-state index contributed by atoms with van der Waals surface area (Å²) in [7, 11) is 7.51. The Morgan fingerprint density at radius 1 is 0.446 bits per heavy atom. The van der Waals surface area contributed by atoms with Crippen molar-refractivity contribution in [2.75, 3.05) is 0 Å². The molecule has 0 amide bonds. The van der Waals surface area contributed by atoms with Gasteiger partial charge in [-0.05, 0) is 114 Å². The van der Waals surface area contributed by atoms with E-state index < -0.39 is 23.9 Å². The van der Waals surface area contributed by atoms with E-state index in [2.05, 4.69) is 267 Å². The SMILES string of the molecule is Cc1nc(C#C[Si](C)(C)C)cs1.Cc1nc(C#Cc2cccnc2)cs1.Ic1cccnc1.[Cl][Pd][Cl].c1ccc(P(c2ccccc2)c2ccccc2)cc1.c1ccc(P(c2ccccc2)c2ccccc2)cc1. The third-order valence-corrected chi connectivity index (χ3v) is 17.5. The number of thiazole rings is 2. The summed E-state index contributed by atoms with van der Waals surface area (Å²) in [4.78, 5) is 16.4. The molecule has 6 aromatic carbocycles. The van der Waals surface area contributed by atoms with Gasteiger partial charge in [-0.15, -0.1) is 28.2 Å². The van der Waals surface area contributed by atoms with Crippen LogP contribution in [0.2, 0.25) is 19.6 Å². The van der Waals surface area contributed by atoms with Crippen LogP contribution in [0.15, 0.2) is 242 Å². The maximum Gasteiger partial charge on any atom is -0.0134 e. The quantitative estimate of drug-likeness (QED) is 0.0720. The molecule has 0 aliphatic rings. The molecule has 10 rings (SSSR count). The van der Waals surface area contributed by atoms with Crippen LogP contribution >= 0.6 is 80.2 Å². The van der Waals surface area contributed by atoms with Gasteiger partial charge < -0.3 is 0 Å². The molecule has 0 saturated carbocycles. The van der Waals surface area contributed by atoms with Crippen LogP contribution in [-0.2, 0) is 15.9 Å². The Bertz CT molecular complexity index is 2890. The fourth-order valence-electron chi connectivity index (χ4n) is 6.36. The molecule has 0 fully saturated rings. The first-order valence-electron chi connectivity index (χ1n) is 23.1. The van der Waals surface area contributed by atoms with Crippen molar-refractivity contribution in [1.82, 2.24) is 19.9 Å². The molecule has 0 N–H and O–H groups in total. The van der Waals surface area contributed by atoms with Crippen LogP contribution in [0.25, 0.3) is 0 Å². The molecule has 4 nitrogen and oxygen atoms in total. The smallest absolute Gasteiger partial charge is 0.0134 e. The van der Waals surface area contributed by atoms with Crippen molar-refractivity contribution in [2.24, 2.45) is 0 Å². The molecular weight excluding hydrogens is 1250 g/mol. The Hall–Kier alpha value is -4.95. The number of aromatic nitrogens is 4. The number of nitrogens with zero attached hydrogens (tertiary/aromatic N) is 4. The molecule has 0 spiro atoms. The van der Waals surface area contributed by atoms with E-state index in [9.17, 15) is 0 Å². The van der Waals surface area contributed by atoms with E-state index in [1.165, 1.54) is 35.4 Å². The fraction of sp³-hybridized carbons (Fsp3) is 0.0820. The summed E-state index contributed by atoms with van der Waals surface area (Å²) in [5.41, 5.74) is 5.96. The number of hydrogen-bond donors (Lipinski definition) is 0. The maximum absolute atomic E-state index is 4.81. The minimum absolute atomic E-state index is 0.106. The number of benzene rings is 6. The molecule has 0 aliphatic carbocycles. The molecule has 10 aromatic rings. The minimum atomic E-state index is -1.23. The van der Waals surface area contributed by atoms with Crippen molar-refractivity contribution in [3.8, 4) is 23.3 Å². The molecule has 13 heteroatoms. The summed E-state index contributed by atoms with van der Waals surface area (Å²) in [6.07, 6.45) is 7.06. The van der Waals surface area contributed by atoms with E-state index in [4.69, 9.17) is 19.1 Å². The molecule has 0 saturated heterocycles. The Kier molecular flexibility index (Phi) is 28.0. The van der Waals surface area contributed by atoms with Gasteiger partial charge in [-0.1, -0.05) is 213 Å². The molecule has 0 atom stereocenters. The van der Waals surface area contributed by atoms with Crippen LogP contribution in [0.1, 0.15) is 27.0 Å². The van der Waals surface area contributed by atoms with Gasteiger partial charge in [0, 0.05) is 44.7 Å². The fourth-order valence-corrected chi connectivity index (χ4v) is 12.9. The van der Waals surface area contributed by atoms with Gasteiger partial charge >= 0.3 is 35.0 Å². The van der Waals surface area contributed by atoms with Gasteiger partial charge in [-0.3, -0.25) is 9.97 Å². The van der Waals surface area contributed by atoms with E-state index in [1.807, 2.05) is 55.1 Å². The van der Waals surface area contributed by atoms with Gasteiger partial charge in [0.25, 0.3) is 0 Å². The van der Waals surface area contributed by atoms with Crippen LogP contribution in [-0.4, -0.2) is 28.0 Å². The van der Waals surface area contributed by atoms with Gasteiger partial charge in [0.2, 0.25) is 0 Å². The normalized spacial score (nSPS) is 10.0. The van der Waals surface area contributed by atoms with Crippen molar-refractivity contribution in [3.05, 3.63) is 272 Å². The molecular formula is C61H55Cl2IN4P2PdS2Si. The second kappa shape index (κ2) is 34.6. The van der Waals surface area contributed by atoms with Gasteiger partial charge in [-0.25, -0.2) is 9.97 Å². The molecule has 0 aliphatic heterocycles. The van der Waals surface area contributed by atoms with Crippen molar-refractivity contribution in [1.29, 1.82) is 0 Å². The summed E-state index contributed by atoms with van der Waals surface area (Å²) in [5.74, 6) is 9.11. The largest absolute Gasteiger partial charge is 0.0622 e. The zero-order valence-electron chi connectivity index (χ0n) is 41.5. The average Bonchev–Trinajstić information content (AvgIpc) is 4.07. The van der Waals surface area contributed by atoms with E-state index >= 15 is 0 Å². The summed E-state index contributed by atoms with van der Waals surface area (Å²) in [6, 6.07) is 72.4. The van der Waals surface area contributed by atoms with E-state index in [-0.39, 0.29) is 15.9 Å². The number of halogens is 3. The van der Waals surface area contributed by atoms with Crippen LogP contribution < -0.4 is 31.8 Å². The van der Waals surface area contributed by atoms with Crippen LogP contribution in [0.3, 0.4) is 0 Å². The Morgan fingerprint density at radius 2 is 0.770 bits per heavy atom. The van der Waals surface area contributed by atoms with Crippen molar-refractivity contribution < 1.29 is 15.9 Å². The third-order valence-electron chi connectivity index (χ3n) is 9.51.